The van der Waals surface area contributed by atoms with E-state index in [0.717, 1.165) is 12.0 Å². The molecule has 1 aliphatic rings. The number of likely N-dealkylation sites (tertiary alicyclic amines) is 1. The van der Waals surface area contributed by atoms with Crippen molar-refractivity contribution in [1.82, 2.24) is 4.90 Å². The summed E-state index contributed by atoms with van der Waals surface area (Å²) in [6, 6.07) is 10.0. The van der Waals surface area contributed by atoms with Gasteiger partial charge in [0.15, 0.2) is 0 Å². The van der Waals surface area contributed by atoms with Gasteiger partial charge in [-0.15, -0.1) is 0 Å². The summed E-state index contributed by atoms with van der Waals surface area (Å²) in [7, 11) is 1.82. The fraction of sp³-hybridized carbons (Fsp3) is 0.462. The van der Waals surface area contributed by atoms with Crippen molar-refractivity contribution in [2.45, 2.75) is 18.9 Å². The molecule has 0 bridgehead atoms. The Kier molecular flexibility index (Phi) is 2.72. The molecule has 1 heterocycles. The Bertz CT molecular complexity index is 374. The smallest absolute Gasteiger partial charge is 0.225 e. The maximum absolute atomic E-state index is 11.7. The Labute approximate surface area is 96.2 Å². The van der Waals surface area contributed by atoms with Crippen molar-refractivity contribution in [2.24, 2.45) is 11.7 Å². The van der Waals surface area contributed by atoms with E-state index in [2.05, 4.69) is 0 Å². The maximum Gasteiger partial charge on any atom is 0.225 e. The van der Waals surface area contributed by atoms with Crippen LogP contribution in [0.4, 0.5) is 0 Å². The summed E-state index contributed by atoms with van der Waals surface area (Å²) >= 11 is 0. The Balaban J connectivity index is 2.30. The van der Waals surface area contributed by atoms with Gasteiger partial charge in [-0.1, -0.05) is 37.3 Å². The largest absolute Gasteiger partial charge is 0.343 e. The molecule has 1 aromatic rings. The van der Waals surface area contributed by atoms with E-state index in [0.29, 0.717) is 6.54 Å². The predicted molar refractivity (Wildman–Crippen MR) is 63.7 cm³/mol. The molecule has 1 amide bonds. The SMILES string of the molecule is C[C@H]1C[C@@](N)(c2ccccc2)CN(C)C1=O. The van der Waals surface area contributed by atoms with Crippen LogP contribution in [-0.2, 0) is 10.3 Å². The van der Waals surface area contributed by atoms with Crippen LogP contribution >= 0.6 is 0 Å². The molecule has 2 rings (SSSR count). The maximum atomic E-state index is 11.7. The van der Waals surface area contributed by atoms with Gasteiger partial charge >= 0.3 is 0 Å². The molecule has 0 spiro atoms. The molecule has 3 heteroatoms. The number of hydrogen-bond acceptors (Lipinski definition) is 2. The number of benzene rings is 1. The van der Waals surface area contributed by atoms with E-state index in [9.17, 15) is 4.79 Å². The molecular formula is C13H18N2O. The van der Waals surface area contributed by atoms with Crippen LogP contribution in [0.15, 0.2) is 30.3 Å². The molecule has 1 fully saturated rings. The third-order valence-corrected chi connectivity index (χ3v) is 3.34. The number of hydrogen-bond donors (Lipinski definition) is 1. The van der Waals surface area contributed by atoms with Gasteiger partial charge in [-0.25, -0.2) is 0 Å². The molecule has 1 aromatic carbocycles. The molecule has 2 N–H and O–H groups in total. The summed E-state index contributed by atoms with van der Waals surface area (Å²) in [4.78, 5) is 13.5. The zero-order valence-corrected chi connectivity index (χ0v) is 9.81. The van der Waals surface area contributed by atoms with Crippen LogP contribution in [0.3, 0.4) is 0 Å². The second-order valence-corrected chi connectivity index (χ2v) is 4.82. The van der Waals surface area contributed by atoms with E-state index >= 15 is 0 Å². The van der Waals surface area contributed by atoms with Crippen LogP contribution in [0.5, 0.6) is 0 Å². The van der Waals surface area contributed by atoms with Crippen molar-refractivity contribution in [1.29, 1.82) is 0 Å². The Hall–Kier alpha value is -1.35. The van der Waals surface area contributed by atoms with Crippen molar-refractivity contribution >= 4 is 5.91 Å². The number of carbonyl (C=O) groups excluding carboxylic acids is 1. The summed E-state index contributed by atoms with van der Waals surface area (Å²) in [6.07, 6.45) is 0.722. The number of rotatable bonds is 1. The molecule has 2 atom stereocenters. The number of nitrogens with two attached hydrogens (primary N) is 1. The number of amides is 1. The summed E-state index contributed by atoms with van der Waals surface area (Å²) < 4.78 is 0. The van der Waals surface area contributed by atoms with Gasteiger partial charge in [-0.3, -0.25) is 4.79 Å². The second kappa shape index (κ2) is 3.91. The highest BCUT2D eigenvalue weighted by Crippen LogP contribution is 2.31. The average Bonchev–Trinajstić information content (AvgIpc) is 2.27. The quantitative estimate of drug-likeness (QED) is 0.773. The molecule has 0 saturated carbocycles. The summed E-state index contributed by atoms with van der Waals surface area (Å²) in [5.74, 6) is 0.195. The molecule has 1 aliphatic heterocycles. The van der Waals surface area contributed by atoms with Gasteiger partial charge in [-0.2, -0.15) is 0 Å². The third kappa shape index (κ3) is 1.83. The highest BCUT2D eigenvalue weighted by atomic mass is 16.2. The van der Waals surface area contributed by atoms with Crippen LogP contribution in [0, 0.1) is 5.92 Å². The lowest BCUT2D eigenvalue weighted by Gasteiger charge is -2.41. The minimum atomic E-state index is -0.399. The van der Waals surface area contributed by atoms with Crippen molar-refractivity contribution in [3.8, 4) is 0 Å². The first-order valence-corrected chi connectivity index (χ1v) is 5.62. The van der Waals surface area contributed by atoms with Crippen molar-refractivity contribution in [2.75, 3.05) is 13.6 Å². The van der Waals surface area contributed by atoms with Crippen molar-refractivity contribution < 1.29 is 4.79 Å². The van der Waals surface area contributed by atoms with Crippen LogP contribution in [0.2, 0.25) is 0 Å². The number of piperidine rings is 1. The average molecular weight is 218 g/mol. The molecule has 0 unspecified atom stereocenters. The lowest BCUT2D eigenvalue weighted by atomic mass is 9.79. The number of likely N-dealkylation sites (N-methyl/N-ethyl adjacent to an activating group) is 1. The van der Waals surface area contributed by atoms with Crippen LogP contribution in [-0.4, -0.2) is 24.4 Å². The van der Waals surface area contributed by atoms with Crippen LogP contribution in [0.1, 0.15) is 18.9 Å². The molecule has 0 aromatic heterocycles. The van der Waals surface area contributed by atoms with Crippen LogP contribution < -0.4 is 5.73 Å². The lowest BCUT2D eigenvalue weighted by Crippen LogP contribution is -2.55. The molecule has 1 saturated heterocycles. The topological polar surface area (TPSA) is 46.3 Å². The predicted octanol–water partition coefficient (Wildman–Crippen LogP) is 1.34. The summed E-state index contributed by atoms with van der Waals surface area (Å²) in [6.45, 7) is 2.54. The Morgan fingerprint density at radius 3 is 2.56 bits per heavy atom. The normalized spacial score (nSPS) is 30.6. The zero-order valence-electron chi connectivity index (χ0n) is 9.81. The van der Waals surface area contributed by atoms with Gasteiger partial charge in [0.1, 0.15) is 0 Å². The molecular weight excluding hydrogens is 200 g/mol. The zero-order chi connectivity index (χ0) is 11.8. The molecule has 0 aliphatic carbocycles. The molecule has 3 nitrogen and oxygen atoms in total. The first-order chi connectivity index (χ1) is 7.53. The van der Waals surface area contributed by atoms with Crippen LogP contribution in [0.25, 0.3) is 0 Å². The van der Waals surface area contributed by atoms with Gasteiger partial charge in [-0.05, 0) is 12.0 Å². The number of carbonyl (C=O) groups is 1. The van der Waals surface area contributed by atoms with Gasteiger partial charge in [0, 0.05) is 19.5 Å². The van der Waals surface area contributed by atoms with Gasteiger partial charge in [0.05, 0.1) is 5.54 Å². The first-order valence-electron chi connectivity index (χ1n) is 5.62. The second-order valence-electron chi connectivity index (χ2n) is 4.82. The summed E-state index contributed by atoms with van der Waals surface area (Å²) in [5.41, 5.74) is 7.14. The minimum absolute atomic E-state index is 0.00366. The van der Waals surface area contributed by atoms with Gasteiger partial charge in [0.2, 0.25) is 5.91 Å². The van der Waals surface area contributed by atoms with Gasteiger partial charge < -0.3 is 10.6 Å². The summed E-state index contributed by atoms with van der Waals surface area (Å²) in [5, 5.41) is 0. The Morgan fingerprint density at radius 1 is 1.38 bits per heavy atom. The molecule has 0 radical (unpaired) electrons. The van der Waals surface area contributed by atoms with Crippen molar-refractivity contribution in [3.05, 3.63) is 35.9 Å². The van der Waals surface area contributed by atoms with E-state index < -0.39 is 5.54 Å². The number of nitrogens with zero attached hydrogens (tertiary/aromatic N) is 1. The molecule has 86 valence electrons. The van der Waals surface area contributed by atoms with E-state index in [-0.39, 0.29) is 11.8 Å². The highest BCUT2D eigenvalue weighted by Gasteiger charge is 2.39. The standard InChI is InChI=1S/C13H18N2O/c1-10-8-13(14,9-15(2)12(10)16)11-6-4-3-5-7-11/h3-7,10H,8-9,14H2,1-2H3/t10-,13-/m0/s1. The lowest BCUT2D eigenvalue weighted by molar-refractivity contribution is -0.138. The van der Waals surface area contributed by atoms with E-state index in [1.807, 2.05) is 44.3 Å². The van der Waals surface area contributed by atoms with E-state index in [4.69, 9.17) is 5.73 Å². The van der Waals surface area contributed by atoms with Crippen molar-refractivity contribution in [3.63, 3.8) is 0 Å². The fourth-order valence-electron chi connectivity index (χ4n) is 2.55. The first kappa shape index (κ1) is 11.1. The minimum Gasteiger partial charge on any atom is -0.343 e. The van der Waals surface area contributed by atoms with E-state index in [1.165, 1.54) is 0 Å². The molecule has 16 heavy (non-hydrogen) atoms. The Morgan fingerprint density at radius 2 is 2.00 bits per heavy atom. The van der Waals surface area contributed by atoms with E-state index in [1.54, 1.807) is 4.90 Å². The highest BCUT2D eigenvalue weighted by molar-refractivity contribution is 5.79. The monoisotopic (exact) mass is 218 g/mol. The fourth-order valence-corrected chi connectivity index (χ4v) is 2.55. The third-order valence-electron chi connectivity index (χ3n) is 3.34. The van der Waals surface area contributed by atoms with Gasteiger partial charge in [0.25, 0.3) is 0 Å².